The highest BCUT2D eigenvalue weighted by Crippen LogP contribution is 2.09. The Bertz CT molecular complexity index is 360. The molecule has 0 N–H and O–H groups in total. The van der Waals surface area contributed by atoms with Crippen molar-refractivity contribution in [1.82, 2.24) is 9.88 Å². The molecule has 0 saturated heterocycles. The van der Waals surface area contributed by atoms with Gasteiger partial charge >= 0.3 is 0 Å². The van der Waals surface area contributed by atoms with E-state index in [-0.39, 0.29) is 11.9 Å². The Morgan fingerprint density at radius 1 is 1.33 bits per heavy atom. The van der Waals surface area contributed by atoms with Gasteiger partial charge in [0.2, 0.25) is 5.91 Å². The molecule has 0 aromatic carbocycles. The summed E-state index contributed by atoms with van der Waals surface area (Å²) in [5.41, 5.74) is 1.12. The predicted octanol–water partition coefficient (Wildman–Crippen LogP) is 2.91. The molecule has 0 aliphatic carbocycles. The van der Waals surface area contributed by atoms with Crippen molar-refractivity contribution in [2.45, 2.75) is 46.6 Å². The third-order valence-corrected chi connectivity index (χ3v) is 2.86. The zero-order valence-electron chi connectivity index (χ0n) is 11.9. The van der Waals surface area contributed by atoms with Crippen molar-refractivity contribution in [2.24, 2.45) is 5.92 Å². The first kappa shape index (κ1) is 14.7. The molecule has 18 heavy (non-hydrogen) atoms. The van der Waals surface area contributed by atoms with E-state index in [1.165, 1.54) is 0 Å². The Hall–Kier alpha value is -1.38. The van der Waals surface area contributed by atoms with Gasteiger partial charge in [0.25, 0.3) is 0 Å². The van der Waals surface area contributed by atoms with E-state index in [9.17, 15) is 4.79 Å². The molecule has 1 amide bonds. The molecule has 100 valence electrons. The van der Waals surface area contributed by atoms with Gasteiger partial charge in [-0.25, -0.2) is 0 Å². The molecule has 0 aliphatic heterocycles. The second kappa shape index (κ2) is 7.14. The van der Waals surface area contributed by atoms with E-state index in [4.69, 9.17) is 0 Å². The summed E-state index contributed by atoms with van der Waals surface area (Å²) in [7, 11) is 0. The van der Waals surface area contributed by atoms with Crippen LogP contribution in [-0.2, 0) is 11.2 Å². The van der Waals surface area contributed by atoms with Crippen LogP contribution in [0.25, 0.3) is 0 Å². The highest BCUT2D eigenvalue weighted by atomic mass is 16.2. The Labute approximate surface area is 110 Å². The van der Waals surface area contributed by atoms with Crippen LogP contribution in [0.15, 0.2) is 24.5 Å². The topological polar surface area (TPSA) is 33.2 Å². The second-order valence-corrected chi connectivity index (χ2v) is 5.39. The molecule has 0 aliphatic rings. The molecule has 3 nitrogen and oxygen atoms in total. The van der Waals surface area contributed by atoms with Crippen LogP contribution >= 0.6 is 0 Å². The summed E-state index contributed by atoms with van der Waals surface area (Å²) in [6.45, 7) is 9.27. The van der Waals surface area contributed by atoms with Crippen LogP contribution in [-0.4, -0.2) is 28.4 Å². The predicted molar refractivity (Wildman–Crippen MR) is 74.2 cm³/mol. The van der Waals surface area contributed by atoms with Gasteiger partial charge in [-0.05, 0) is 37.8 Å². The largest absolute Gasteiger partial charge is 0.340 e. The lowest BCUT2D eigenvalue weighted by atomic mass is 10.1. The lowest BCUT2D eigenvalue weighted by Crippen LogP contribution is -2.39. The number of aryl methyl sites for hydroxylation is 1. The van der Waals surface area contributed by atoms with E-state index in [2.05, 4.69) is 32.7 Å². The maximum absolute atomic E-state index is 12.2. The third-order valence-electron chi connectivity index (χ3n) is 2.86. The Kier molecular flexibility index (Phi) is 5.83. The smallest absolute Gasteiger partial charge is 0.223 e. The van der Waals surface area contributed by atoms with Crippen molar-refractivity contribution in [3.05, 3.63) is 30.1 Å². The number of carbonyl (C=O) groups excluding carboxylic acids is 1. The molecule has 0 atom stereocenters. The van der Waals surface area contributed by atoms with Crippen molar-refractivity contribution in [3.8, 4) is 0 Å². The number of nitrogens with zero attached hydrogens (tertiary/aromatic N) is 2. The summed E-state index contributed by atoms with van der Waals surface area (Å²) in [6.07, 6.45) is 4.92. The molecule has 1 aromatic rings. The first-order valence-electron chi connectivity index (χ1n) is 6.69. The Morgan fingerprint density at radius 3 is 2.56 bits per heavy atom. The number of rotatable bonds is 6. The first-order valence-corrected chi connectivity index (χ1v) is 6.69. The molecule has 0 spiro atoms. The van der Waals surface area contributed by atoms with Crippen molar-refractivity contribution in [2.75, 3.05) is 6.54 Å². The van der Waals surface area contributed by atoms with Gasteiger partial charge in [0.05, 0.1) is 0 Å². The molecule has 0 fully saturated rings. The van der Waals surface area contributed by atoms with Crippen LogP contribution in [0.4, 0.5) is 0 Å². The zero-order valence-corrected chi connectivity index (χ0v) is 11.9. The minimum absolute atomic E-state index is 0.238. The van der Waals surface area contributed by atoms with E-state index in [1.807, 2.05) is 23.2 Å². The molecule has 0 bridgehead atoms. The average Bonchev–Trinajstić information content (AvgIpc) is 2.34. The van der Waals surface area contributed by atoms with Crippen LogP contribution in [0.5, 0.6) is 0 Å². The first-order chi connectivity index (χ1) is 8.50. The van der Waals surface area contributed by atoms with Crippen LogP contribution in [0, 0.1) is 5.92 Å². The summed E-state index contributed by atoms with van der Waals surface area (Å²) in [6, 6.07) is 4.20. The minimum atomic E-state index is 0.238. The Balaban J connectivity index is 2.52. The van der Waals surface area contributed by atoms with Crippen LogP contribution in [0.3, 0.4) is 0 Å². The van der Waals surface area contributed by atoms with E-state index < -0.39 is 0 Å². The van der Waals surface area contributed by atoms with E-state index in [0.717, 1.165) is 18.5 Å². The maximum Gasteiger partial charge on any atom is 0.223 e. The number of pyridine rings is 1. The standard InChI is InChI=1S/C15H24N2O/c1-12(2)11-17(13(3)4)15(18)8-7-14-6-5-9-16-10-14/h5-6,9-10,12-13H,7-8,11H2,1-4H3. The normalized spacial score (nSPS) is 11.0. The number of hydrogen-bond acceptors (Lipinski definition) is 2. The number of hydrogen-bond donors (Lipinski definition) is 0. The summed E-state index contributed by atoms with van der Waals surface area (Å²) in [5.74, 6) is 0.747. The number of carbonyl (C=O) groups is 1. The van der Waals surface area contributed by atoms with Gasteiger partial charge in [-0.1, -0.05) is 19.9 Å². The van der Waals surface area contributed by atoms with Crippen molar-refractivity contribution in [1.29, 1.82) is 0 Å². The molecule has 1 aromatic heterocycles. The van der Waals surface area contributed by atoms with Gasteiger partial charge in [0.1, 0.15) is 0 Å². The van der Waals surface area contributed by atoms with Crippen LogP contribution < -0.4 is 0 Å². The minimum Gasteiger partial charge on any atom is -0.340 e. The van der Waals surface area contributed by atoms with E-state index >= 15 is 0 Å². The van der Waals surface area contributed by atoms with Gasteiger partial charge < -0.3 is 4.90 Å². The molecule has 1 rings (SSSR count). The van der Waals surface area contributed by atoms with Crippen LogP contribution in [0.2, 0.25) is 0 Å². The summed E-state index contributed by atoms with van der Waals surface area (Å²) < 4.78 is 0. The molecule has 0 unspecified atom stereocenters. The molecule has 3 heteroatoms. The van der Waals surface area contributed by atoms with E-state index in [0.29, 0.717) is 12.3 Å². The fraction of sp³-hybridized carbons (Fsp3) is 0.600. The number of aromatic nitrogens is 1. The molecular weight excluding hydrogens is 224 g/mol. The summed E-state index contributed by atoms with van der Waals surface area (Å²) in [4.78, 5) is 18.2. The van der Waals surface area contributed by atoms with Gasteiger partial charge in [0, 0.05) is 31.4 Å². The third kappa shape index (κ3) is 4.86. The molecule has 1 heterocycles. The van der Waals surface area contributed by atoms with Gasteiger partial charge in [-0.15, -0.1) is 0 Å². The molecule has 0 saturated carbocycles. The molecule has 0 radical (unpaired) electrons. The van der Waals surface area contributed by atoms with Crippen LogP contribution in [0.1, 0.15) is 39.7 Å². The molecular formula is C15H24N2O. The summed E-state index contributed by atoms with van der Waals surface area (Å²) in [5, 5.41) is 0. The van der Waals surface area contributed by atoms with Gasteiger partial charge in [0.15, 0.2) is 0 Å². The average molecular weight is 248 g/mol. The maximum atomic E-state index is 12.2. The Morgan fingerprint density at radius 2 is 2.06 bits per heavy atom. The highest BCUT2D eigenvalue weighted by molar-refractivity contribution is 5.76. The zero-order chi connectivity index (χ0) is 13.5. The summed E-state index contributed by atoms with van der Waals surface area (Å²) >= 11 is 0. The quantitative estimate of drug-likeness (QED) is 0.775. The van der Waals surface area contributed by atoms with Gasteiger partial charge in [-0.2, -0.15) is 0 Å². The van der Waals surface area contributed by atoms with Crippen molar-refractivity contribution in [3.63, 3.8) is 0 Å². The fourth-order valence-corrected chi connectivity index (χ4v) is 1.93. The lowest BCUT2D eigenvalue weighted by Gasteiger charge is -2.28. The van der Waals surface area contributed by atoms with Gasteiger partial charge in [-0.3, -0.25) is 9.78 Å². The lowest BCUT2D eigenvalue weighted by molar-refractivity contribution is -0.133. The SMILES string of the molecule is CC(C)CN(C(=O)CCc1cccnc1)C(C)C. The fourth-order valence-electron chi connectivity index (χ4n) is 1.93. The van der Waals surface area contributed by atoms with Crippen molar-refractivity contribution >= 4 is 5.91 Å². The van der Waals surface area contributed by atoms with E-state index in [1.54, 1.807) is 6.20 Å². The number of amides is 1. The monoisotopic (exact) mass is 248 g/mol. The van der Waals surface area contributed by atoms with Crippen molar-refractivity contribution < 1.29 is 4.79 Å². The second-order valence-electron chi connectivity index (χ2n) is 5.39. The highest BCUT2D eigenvalue weighted by Gasteiger charge is 2.17.